The van der Waals surface area contributed by atoms with Gasteiger partial charge in [-0.3, -0.25) is 4.99 Å². The fourth-order valence-corrected chi connectivity index (χ4v) is 3.15. The lowest BCUT2D eigenvalue weighted by atomic mass is 10.4. The van der Waals surface area contributed by atoms with E-state index in [-0.39, 0.29) is 0 Å². The van der Waals surface area contributed by atoms with E-state index < -0.39 is 0 Å². The zero-order chi connectivity index (χ0) is 13.6. The lowest BCUT2D eigenvalue weighted by Gasteiger charge is -2.18. The van der Waals surface area contributed by atoms with Gasteiger partial charge in [0.15, 0.2) is 5.96 Å². The number of nitrogens with zero attached hydrogens (tertiary/aromatic N) is 1. The fraction of sp³-hybridized carbons (Fsp3) is 0.533. The van der Waals surface area contributed by atoms with Crippen LogP contribution in [0, 0.1) is 0 Å². The molecule has 104 valence electrons. The smallest absolute Gasteiger partial charge is 0.191 e. The molecule has 4 heteroatoms. The number of benzene rings is 1. The second-order valence-electron chi connectivity index (χ2n) is 4.95. The number of hydrogen-bond donors (Lipinski definition) is 2. The number of nitrogens with one attached hydrogen (secondary N) is 2. The van der Waals surface area contributed by atoms with Crippen molar-refractivity contribution in [3.63, 3.8) is 0 Å². The Morgan fingerprint density at radius 1 is 1.26 bits per heavy atom. The molecule has 1 fully saturated rings. The first-order chi connectivity index (χ1) is 9.28. The third-order valence-electron chi connectivity index (χ3n) is 3.23. The topological polar surface area (TPSA) is 36.4 Å². The Labute approximate surface area is 120 Å². The van der Waals surface area contributed by atoms with E-state index in [1.165, 1.54) is 17.7 Å². The van der Waals surface area contributed by atoms with Gasteiger partial charge in [-0.25, -0.2) is 0 Å². The van der Waals surface area contributed by atoms with E-state index in [9.17, 15) is 0 Å². The van der Waals surface area contributed by atoms with Crippen LogP contribution < -0.4 is 10.6 Å². The van der Waals surface area contributed by atoms with Crippen molar-refractivity contribution in [3.8, 4) is 0 Å². The lowest BCUT2D eigenvalue weighted by Crippen LogP contribution is -2.41. The average molecular weight is 277 g/mol. The standard InChI is InChI=1S/C15H23N3S/c1-3-11-17-14(16-2)18-12-15(9-10-15)19-13-7-5-4-6-8-13/h4-8H,3,9-12H2,1-2H3,(H2,16,17,18). The molecular formula is C15H23N3S. The molecular weight excluding hydrogens is 254 g/mol. The molecule has 0 amide bonds. The molecule has 1 aliphatic carbocycles. The Morgan fingerprint density at radius 2 is 2.00 bits per heavy atom. The number of guanidine groups is 1. The molecule has 1 aromatic rings. The maximum atomic E-state index is 4.25. The molecule has 0 heterocycles. The van der Waals surface area contributed by atoms with Gasteiger partial charge < -0.3 is 10.6 Å². The first kappa shape index (κ1) is 14.3. The van der Waals surface area contributed by atoms with Gasteiger partial charge in [-0.15, -0.1) is 11.8 Å². The van der Waals surface area contributed by atoms with Gasteiger partial charge >= 0.3 is 0 Å². The van der Waals surface area contributed by atoms with Gasteiger partial charge in [-0.2, -0.15) is 0 Å². The van der Waals surface area contributed by atoms with E-state index in [0.717, 1.165) is 25.5 Å². The summed E-state index contributed by atoms with van der Waals surface area (Å²) in [6.07, 6.45) is 3.68. The van der Waals surface area contributed by atoms with Gasteiger partial charge in [-0.05, 0) is 31.4 Å². The molecule has 1 saturated carbocycles. The highest BCUT2D eigenvalue weighted by Gasteiger charge is 2.43. The normalized spacial score (nSPS) is 17.1. The average Bonchev–Trinajstić information content (AvgIpc) is 3.20. The summed E-state index contributed by atoms with van der Waals surface area (Å²) in [5.41, 5.74) is 0. The Hall–Kier alpha value is -1.16. The second kappa shape index (κ2) is 6.85. The number of aliphatic imine (C=N–C) groups is 1. The van der Waals surface area contributed by atoms with Crippen LogP contribution in [0.15, 0.2) is 40.2 Å². The maximum Gasteiger partial charge on any atom is 0.191 e. The van der Waals surface area contributed by atoms with Crippen molar-refractivity contribution in [2.75, 3.05) is 20.1 Å². The molecule has 0 atom stereocenters. The van der Waals surface area contributed by atoms with Crippen LogP contribution >= 0.6 is 11.8 Å². The number of thioether (sulfide) groups is 1. The molecule has 3 nitrogen and oxygen atoms in total. The zero-order valence-corrected chi connectivity index (χ0v) is 12.6. The predicted molar refractivity (Wildman–Crippen MR) is 83.9 cm³/mol. The van der Waals surface area contributed by atoms with E-state index in [1.807, 2.05) is 18.8 Å². The first-order valence-corrected chi connectivity index (χ1v) is 7.78. The van der Waals surface area contributed by atoms with Crippen LogP contribution in [0.25, 0.3) is 0 Å². The summed E-state index contributed by atoms with van der Waals surface area (Å²) in [6.45, 7) is 4.11. The van der Waals surface area contributed by atoms with Gasteiger partial charge in [0, 0.05) is 29.8 Å². The Bertz CT molecular complexity index is 413. The van der Waals surface area contributed by atoms with Gasteiger partial charge in [0.25, 0.3) is 0 Å². The van der Waals surface area contributed by atoms with Gasteiger partial charge in [0.1, 0.15) is 0 Å². The Kier molecular flexibility index (Phi) is 5.14. The third kappa shape index (κ3) is 4.46. The summed E-state index contributed by atoms with van der Waals surface area (Å²) >= 11 is 1.99. The highest BCUT2D eigenvalue weighted by atomic mass is 32.2. The van der Waals surface area contributed by atoms with E-state index in [1.54, 1.807) is 0 Å². The molecule has 1 aromatic carbocycles. The van der Waals surface area contributed by atoms with Gasteiger partial charge in [-0.1, -0.05) is 25.1 Å². The minimum absolute atomic E-state index is 0.366. The summed E-state index contributed by atoms with van der Waals surface area (Å²) in [5, 5.41) is 6.76. The first-order valence-electron chi connectivity index (χ1n) is 6.96. The molecule has 2 N–H and O–H groups in total. The number of rotatable bonds is 6. The second-order valence-corrected chi connectivity index (χ2v) is 6.49. The molecule has 0 aliphatic heterocycles. The van der Waals surface area contributed by atoms with Crippen LogP contribution in [0.4, 0.5) is 0 Å². The SMILES string of the molecule is CCCNC(=NC)NCC1(Sc2ccccc2)CC1. The van der Waals surface area contributed by atoms with Crippen LogP contribution in [-0.2, 0) is 0 Å². The lowest BCUT2D eigenvalue weighted by molar-refractivity contribution is 0.753. The van der Waals surface area contributed by atoms with Crippen LogP contribution in [0.1, 0.15) is 26.2 Å². The van der Waals surface area contributed by atoms with E-state index in [0.29, 0.717) is 4.75 Å². The van der Waals surface area contributed by atoms with Crippen molar-refractivity contribution < 1.29 is 0 Å². The summed E-state index contributed by atoms with van der Waals surface area (Å²) in [4.78, 5) is 5.61. The van der Waals surface area contributed by atoms with Gasteiger partial charge in [0.2, 0.25) is 0 Å². The van der Waals surface area contributed by atoms with Gasteiger partial charge in [0.05, 0.1) is 0 Å². The highest BCUT2D eigenvalue weighted by Crippen LogP contribution is 2.51. The molecule has 19 heavy (non-hydrogen) atoms. The van der Waals surface area contributed by atoms with Crippen molar-refractivity contribution >= 4 is 17.7 Å². The third-order valence-corrected chi connectivity index (χ3v) is 4.72. The van der Waals surface area contributed by atoms with Crippen molar-refractivity contribution in [1.29, 1.82) is 0 Å². The largest absolute Gasteiger partial charge is 0.356 e. The van der Waals surface area contributed by atoms with E-state index in [2.05, 4.69) is 52.9 Å². The molecule has 0 spiro atoms. The van der Waals surface area contributed by atoms with Crippen molar-refractivity contribution in [1.82, 2.24) is 10.6 Å². The predicted octanol–water partition coefficient (Wildman–Crippen LogP) is 2.89. The molecule has 0 aromatic heterocycles. The van der Waals surface area contributed by atoms with Crippen LogP contribution in [-0.4, -0.2) is 30.8 Å². The van der Waals surface area contributed by atoms with E-state index >= 15 is 0 Å². The van der Waals surface area contributed by atoms with Crippen molar-refractivity contribution in [2.45, 2.75) is 35.8 Å². The summed E-state index contributed by atoms with van der Waals surface area (Å²) in [5.74, 6) is 0.918. The zero-order valence-electron chi connectivity index (χ0n) is 11.8. The molecule has 0 unspecified atom stereocenters. The summed E-state index contributed by atoms with van der Waals surface area (Å²) < 4.78 is 0.366. The maximum absolute atomic E-state index is 4.25. The van der Waals surface area contributed by atoms with Crippen LogP contribution in [0.5, 0.6) is 0 Å². The minimum Gasteiger partial charge on any atom is -0.356 e. The van der Waals surface area contributed by atoms with Crippen LogP contribution in [0.2, 0.25) is 0 Å². The Balaban J connectivity index is 1.82. The minimum atomic E-state index is 0.366. The van der Waals surface area contributed by atoms with Crippen molar-refractivity contribution in [2.24, 2.45) is 4.99 Å². The van der Waals surface area contributed by atoms with Crippen LogP contribution in [0.3, 0.4) is 0 Å². The highest BCUT2D eigenvalue weighted by molar-refractivity contribution is 8.01. The molecule has 0 bridgehead atoms. The Morgan fingerprint density at radius 3 is 2.58 bits per heavy atom. The monoisotopic (exact) mass is 277 g/mol. The molecule has 2 rings (SSSR count). The molecule has 1 aliphatic rings. The molecule has 0 saturated heterocycles. The number of hydrogen-bond acceptors (Lipinski definition) is 2. The van der Waals surface area contributed by atoms with E-state index in [4.69, 9.17) is 0 Å². The molecule has 0 radical (unpaired) electrons. The fourth-order valence-electron chi connectivity index (χ4n) is 1.90. The summed E-state index contributed by atoms with van der Waals surface area (Å²) in [6, 6.07) is 10.7. The quantitative estimate of drug-likeness (QED) is 0.620. The van der Waals surface area contributed by atoms with Crippen molar-refractivity contribution in [3.05, 3.63) is 30.3 Å². The summed E-state index contributed by atoms with van der Waals surface area (Å²) in [7, 11) is 1.83.